The Balaban J connectivity index is 1.97. The van der Waals surface area contributed by atoms with E-state index >= 15 is 0 Å². The minimum atomic E-state index is 0.743. The van der Waals surface area contributed by atoms with Crippen molar-refractivity contribution in [2.24, 2.45) is 5.92 Å². The van der Waals surface area contributed by atoms with Crippen LogP contribution in [0.4, 0.5) is 0 Å². The predicted molar refractivity (Wildman–Crippen MR) is 63.2 cm³/mol. The second-order valence-electron chi connectivity index (χ2n) is 4.17. The largest absolute Gasteiger partial charge is 0.497 e. The molecular formula is C14H18O. The van der Waals surface area contributed by atoms with E-state index < -0.39 is 0 Å². The van der Waals surface area contributed by atoms with Crippen molar-refractivity contribution in [3.8, 4) is 5.75 Å². The maximum atomic E-state index is 5.15. The highest BCUT2D eigenvalue weighted by molar-refractivity contribution is 5.27. The van der Waals surface area contributed by atoms with Gasteiger partial charge in [0.2, 0.25) is 0 Å². The molecule has 0 saturated heterocycles. The Morgan fingerprint density at radius 2 is 2.07 bits per heavy atom. The van der Waals surface area contributed by atoms with Gasteiger partial charge >= 0.3 is 0 Å². The maximum Gasteiger partial charge on any atom is 0.118 e. The summed E-state index contributed by atoms with van der Waals surface area (Å²) in [7, 11) is 1.71. The van der Waals surface area contributed by atoms with Gasteiger partial charge in [0.05, 0.1) is 7.11 Å². The number of rotatable bonds is 3. The lowest BCUT2D eigenvalue weighted by molar-refractivity contribution is 0.414. The van der Waals surface area contributed by atoms with Crippen LogP contribution in [-0.2, 0) is 6.42 Å². The molecule has 1 unspecified atom stereocenters. The molecule has 15 heavy (non-hydrogen) atoms. The van der Waals surface area contributed by atoms with Crippen LogP contribution in [0.2, 0.25) is 0 Å². The molecule has 0 N–H and O–H groups in total. The van der Waals surface area contributed by atoms with Crippen molar-refractivity contribution < 1.29 is 4.74 Å². The second-order valence-corrected chi connectivity index (χ2v) is 4.17. The van der Waals surface area contributed by atoms with E-state index in [0.717, 1.165) is 11.7 Å². The SMILES string of the molecule is COc1ccc(CC2C=CCCC2)cc1. The number of methoxy groups -OCH3 is 1. The molecule has 1 aliphatic rings. The van der Waals surface area contributed by atoms with E-state index in [-0.39, 0.29) is 0 Å². The fourth-order valence-corrected chi connectivity index (χ4v) is 2.12. The maximum absolute atomic E-state index is 5.15. The van der Waals surface area contributed by atoms with Crippen LogP contribution in [0.3, 0.4) is 0 Å². The smallest absolute Gasteiger partial charge is 0.118 e. The molecule has 2 rings (SSSR count). The molecule has 0 heterocycles. The minimum Gasteiger partial charge on any atom is -0.497 e. The van der Waals surface area contributed by atoms with Gasteiger partial charge in [-0.1, -0.05) is 24.3 Å². The van der Waals surface area contributed by atoms with Crippen LogP contribution in [0.5, 0.6) is 5.75 Å². The number of hydrogen-bond donors (Lipinski definition) is 0. The summed E-state index contributed by atoms with van der Waals surface area (Å²) in [6.45, 7) is 0. The highest BCUT2D eigenvalue weighted by Crippen LogP contribution is 2.22. The quantitative estimate of drug-likeness (QED) is 0.680. The summed E-state index contributed by atoms with van der Waals surface area (Å²) >= 11 is 0. The molecule has 1 aliphatic carbocycles. The molecule has 1 aromatic rings. The van der Waals surface area contributed by atoms with Gasteiger partial charge < -0.3 is 4.74 Å². The van der Waals surface area contributed by atoms with Crippen molar-refractivity contribution in [1.82, 2.24) is 0 Å². The van der Waals surface area contributed by atoms with Gasteiger partial charge in [-0.15, -0.1) is 0 Å². The van der Waals surface area contributed by atoms with E-state index in [1.165, 1.54) is 31.2 Å². The lowest BCUT2D eigenvalue weighted by Crippen LogP contribution is -2.04. The molecule has 0 bridgehead atoms. The summed E-state index contributed by atoms with van der Waals surface area (Å²) in [5.41, 5.74) is 1.41. The van der Waals surface area contributed by atoms with Gasteiger partial charge in [0.1, 0.15) is 5.75 Å². The summed E-state index contributed by atoms with van der Waals surface area (Å²) < 4.78 is 5.15. The molecule has 0 amide bonds. The number of benzene rings is 1. The Morgan fingerprint density at radius 3 is 2.67 bits per heavy atom. The number of ether oxygens (including phenoxy) is 1. The standard InChI is InChI=1S/C14H18O/c1-15-14-9-7-13(8-10-14)11-12-5-3-2-4-6-12/h3,5,7-10,12H,2,4,6,11H2,1H3. The summed E-state index contributed by atoms with van der Waals surface area (Å²) in [6.07, 6.45) is 9.80. The van der Waals surface area contributed by atoms with Crippen LogP contribution >= 0.6 is 0 Å². The summed E-state index contributed by atoms with van der Waals surface area (Å²) in [6, 6.07) is 8.42. The minimum absolute atomic E-state index is 0.743. The molecule has 0 aromatic heterocycles. The first-order chi connectivity index (χ1) is 7.38. The first-order valence-electron chi connectivity index (χ1n) is 5.68. The Labute approximate surface area is 91.8 Å². The fraction of sp³-hybridized carbons (Fsp3) is 0.429. The first-order valence-corrected chi connectivity index (χ1v) is 5.68. The summed E-state index contributed by atoms with van der Waals surface area (Å²) in [4.78, 5) is 0. The molecule has 1 aromatic carbocycles. The van der Waals surface area contributed by atoms with Gasteiger partial charge in [-0.3, -0.25) is 0 Å². The average molecular weight is 202 g/mol. The molecule has 1 heteroatoms. The van der Waals surface area contributed by atoms with E-state index in [2.05, 4.69) is 24.3 Å². The van der Waals surface area contributed by atoms with Gasteiger partial charge in [0.25, 0.3) is 0 Å². The van der Waals surface area contributed by atoms with Crippen molar-refractivity contribution in [3.63, 3.8) is 0 Å². The van der Waals surface area contributed by atoms with Gasteiger partial charge in [0, 0.05) is 0 Å². The molecule has 0 radical (unpaired) electrons. The zero-order valence-electron chi connectivity index (χ0n) is 9.28. The van der Waals surface area contributed by atoms with Gasteiger partial charge in [-0.25, -0.2) is 0 Å². The van der Waals surface area contributed by atoms with Crippen molar-refractivity contribution in [1.29, 1.82) is 0 Å². The molecule has 0 fully saturated rings. The number of hydrogen-bond acceptors (Lipinski definition) is 1. The third-order valence-corrected chi connectivity index (χ3v) is 3.01. The topological polar surface area (TPSA) is 9.23 Å². The normalized spacial score (nSPS) is 20.2. The van der Waals surface area contributed by atoms with Crippen molar-refractivity contribution in [2.45, 2.75) is 25.7 Å². The molecule has 0 spiro atoms. The summed E-state index contributed by atoms with van der Waals surface area (Å²) in [5, 5.41) is 0. The Hall–Kier alpha value is -1.24. The van der Waals surface area contributed by atoms with E-state index in [4.69, 9.17) is 4.74 Å². The molecule has 80 valence electrons. The molecule has 1 nitrogen and oxygen atoms in total. The van der Waals surface area contributed by atoms with Crippen LogP contribution in [0.15, 0.2) is 36.4 Å². The molecule has 0 aliphatic heterocycles. The van der Waals surface area contributed by atoms with Crippen LogP contribution in [0.1, 0.15) is 24.8 Å². The lowest BCUT2D eigenvalue weighted by Gasteiger charge is -2.16. The number of allylic oxidation sites excluding steroid dienone is 2. The summed E-state index contributed by atoms with van der Waals surface area (Å²) in [5.74, 6) is 1.69. The second kappa shape index (κ2) is 5.01. The van der Waals surface area contributed by atoms with E-state index in [0.29, 0.717) is 0 Å². The highest BCUT2D eigenvalue weighted by Gasteiger charge is 2.08. The Bertz CT molecular complexity index is 324. The Morgan fingerprint density at radius 1 is 1.27 bits per heavy atom. The zero-order valence-corrected chi connectivity index (χ0v) is 9.28. The van der Waals surface area contributed by atoms with Gasteiger partial charge in [-0.2, -0.15) is 0 Å². The average Bonchev–Trinajstić information content (AvgIpc) is 2.31. The van der Waals surface area contributed by atoms with Crippen LogP contribution in [0.25, 0.3) is 0 Å². The molecular weight excluding hydrogens is 184 g/mol. The van der Waals surface area contributed by atoms with E-state index in [9.17, 15) is 0 Å². The third-order valence-electron chi connectivity index (χ3n) is 3.01. The van der Waals surface area contributed by atoms with Crippen molar-refractivity contribution in [2.75, 3.05) is 7.11 Å². The lowest BCUT2D eigenvalue weighted by atomic mass is 9.90. The predicted octanol–water partition coefficient (Wildman–Crippen LogP) is 3.59. The van der Waals surface area contributed by atoms with E-state index in [1.807, 2.05) is 12.1 Å². The molecule has 0 saturated carbocycles. The third kappa shape index (κ3) is 2.85. The fourth-order valence-electron chi connectivity index (χ4n) is 2.12. The van der Waals surface area contributed by atoms with Crippen molar-refractivity contribution in [3.05, 3.63) is 42.0 Å². The van der Waals surface area contributed by atoms with Gasteiger partial charge in [-0.05, 0) is 49.3 Å². The van der Waals surface area contributed by atoms with E-state index in [1.54, 1.807) is 7.11 Å². The Kier molecular flexibility index (Phi) is 3.44. The van der Waals surface area contributed by atoms with Crippen LogP contribution in [-0.4, -0.2) is 7.11 Å². The monoisotopic (exact) mass is 202 g/mol. The van der Waals surface area contributed by atoms with Crippen molar-refractivity contribution >= 4 is 0 Å². The zero-order chi connectivity index (χ0) is 10.5. The van der Waals surface area contributed by atoms with Crippen LogP contribution in [0, 0.1) is 5.92 Å². The van der Waals surface area contributed by atoms with Crippen LogP contribution < -0.4 is 4.74 Å². The highest BCUT2D eigenvalue weighted by atomic mass is 16.5. The van der Waals surface area contributed by atoms with Gasteiger partial charge in [0.15, 0.2) is 0 Å². The first kappa shape index (κ1) is 10.3. The molecule has 1 atom stereocenters.